The molecule has 8 nitrogen and oxygen atoms in total. The van der Waals surface area contributed by atoms with Crippen LogP contribution in [0.25, 0.3) is 0 Å². The molecule has 9 heteroatoms. The van der Waals surface area contributed by atoms with Gasteiger partial charge in [-0.25, -0.2) is 8.42 Å². The zero-order valence-corrected chi connectivity index (χ0v) is 13.2. The highest BCUT2D eigenvalue weighted by atomic mass is 32.2. The van der Waals surface area contributed by atoms with Crippen molar-refractivity contribution in [3.8, 4) is 0 Å². The second kappa shape index (κ2) is 5.27. The first kappa shape index (κ1) is 14.6. The van der Waals surface area contributed by atoms with E-state index in [1.54, 1.807) is 11.4 Å². The molecule has 3 saturated heterocycles. The van der Waals surface area contributed by atoms with Crippen LogP contribution in [-0.4, -0.2) is 61.0 Å². The summed E-state index contributed by atoms with van der Waals surface area (Å²) in [5.74, 6) is 0. The average Bonchev–Trinajstić information content (AvgIpc) is 3.18. The second-order valence-corrected chi connectivity index (χ2v) is 7.62. The number of ether oxygens (including phenoxy) is 3. The maximum atomic E-state index is 13.2. The van der Waals surface area contributed by atoms with Gasteiger partial charge in [0.15, 0.2) is 11.3 Å². The topological polar surface area (TPSA) is 82.9 Å². The van der Waals surface area contributed by atoms with E-state index in [-0.39, 0.29) is 17.1 Å². The van der Waals surface area contributed by atoms with E-state index in [0.29, 0.717) is 32.0 Å². The highest BCUT2D eigenvalue weighted by molar-refractivity contribution is 7.89. The summed E-state index contributed by atoms with van der Waals surface area (Å²) in [4.78, 5) is 0. The lowest BCUT2D eigenvalue weighted by Crippen LogP contribution is -2.49. The molecule has 2 unspecified atom stereocenters. The Balaban J connectivity index is 1.76. The van der Waals surface area contributed by atoms with Crippen LogP contribution in [0.5, 0.6) is 0 Å². The van der Waals surface area contributed by atoms with Gasteiger partial charge in [-0.05, 0) is 12.8 Å². The molecule has 2 bridgehead atoms. The van der Waals surface area contributed by atoms with Gasteiger partial charge in [0.25, 0.3) is 10.0 Å². The number of aromatic nitrogens is 2. The van der Waals surface area contributed by atoms with Gasteiger partial charge in [0.2, 0.25) is 0 Å². The standard InChI is InChI=1S/C13H19N3O5S/c1-15-12(11(6-14-15)13-20-4-5-21-13)22(17,18)16-9-2-3-10(16)8-19-7-9/h6,9-10,13H,2-5,7-8H2,1H3. The number of aryl methyl sites for hydroxylation is 1. The number of hydrogen-bond donors (Lipinski definition) is 0. The summed E-state index contributed by atoms with van der Waals surface area (Å²) in [7, 11) is -2.03. The molecule has 0 radical (unpaired) electrons. The summed E-state index contributed by atoms with van der Waals surface area (Å²) < 4.78 is 45.8. The minimum Gasteiger partial charge on any atom is -0.378 e. The van der Waals surface area contributed by atoms with Crippen molar-refractivity contribution >= 4 is 10.0 Å². The molecule has 0 spiro atoms. The maximum Gasteiger partial charge on any atom is 0.261 e. The fourth-order valence-electron chi connectivity index (χ4n) is 3.54. The van der Waals surface area contributed by atoms with Gasteiger partial charge in [0.1, 0.15) is 0 Å². The van der Waals surface area contributed by atoms with Crippen molar-refractivity contribution in [3.63, 3.8) is 0 Å². The van der Waals surface area contributed by atoms with Crippen LogP contribution in [0.15, 0.2) is 11.2 Å². The third kappa shape index (κ3) is 2.11. The van der Waals surface area contributed by atoms with Crippen molar-refractivity contribution in [1.29, 1.82) is 0 Å². The van der Waals surface area contributed by atoms with Gasteiger partial charge in [0.05, 0.1) is 38.2 Å². The van der Waals surface area contributed by atoms with E-state index in [1.165, 1.54) is 10.9 Å². The molecule has 4 rings (SSSR count). The Hall–Kier alpha value is -1.00. The van der Waals surface area contributed by atoms with Gasteiger partial charge >= 0.3 is 0 Å². The molecule has 4 heterocycles. The zero-order chi connectivity index (χ0) is 15.3. The molecule has 22 heavy (non-hydrogen) atoms. The number of hydrogen-bond acceptors (Lipinski definition) is 6. The first-order chi connectivity index (χ1) is 10.6. The van der Waals surface area contributed by atoms with Crippen LogP contribution in [0.2, 0.25) is 0 Å². The van der Waals surface area contributed by atoms with Crippen LogP contribution in [0.4, 0.5) is 0 Å². The van der Waals surface area contributed by atoms with Crippen LogP contribution in [0.3, 0.4) is 0 Å². The monoisotopic (exact) mass is 329 g/mol. The van der Waals surface area contributed by atoms with Crippen molar-refractivity contribution < 1.29 is 22.6 Å². The van der Waals surface area contributed by atoms with Crippen molar-refractivity contribution in [2.24, 2.45) is 7.05 Å². The fraction of sp³-hybridized carbons (Fsp3) is 0.769. The normalized spacial score (nSPS) is 30.2. The minimum atomic E-state index is -3.66. The van der Waals surface area contributed by atoms with E-state index in [1.807, 2.05) is 0 Å². The quantitative estimate of drug-likeness (QED) is 0.777. The first-order valence-corrected chi connectivity index (χ1v) is 8.89. The molecule has 0 aliphatic carbocycles. The molecule has 3 aliphatic heterocycles. The average molecular weight is 329 g/mol. The molecular formula is C13H19N3O5S. The zero-order valence-electron chi connectivity index (χ0n) is 12.3. The highest BCUT2D eigenvalue weighted by Gasteiger charge is 2.47. The van der Waals surface area contributed by atoms with Gasteiger partial charge in [-0.2, -0.15) is 9.40 Å². The summed E-state index contributed by atoms with van der Waals surface area (Å²) in [6, 6.07) is -0.172. The van der Waals surface area contributed by atoms with Gasteiger partial charge in [-0.15, -0.1) is 0 Å². The highest BCUT2D eigenvalue weighted by Crippen LogP contribution is 2.37. The summed E-state index contributed by atoms with van der Waals surface area (Å²) in [5.41, 5.74) is 0.478. The molecule has 0 aromatic carbocycles. The first-order valence-electron chi connectivity index (χ1n) is 7.45. The minimum absolute atomic E-state index is 0.0862. The smallest absolute Gasteiger partial charge is 0.261 e. The third-order valence-corrected chi connectivity index (χ3v) is 6.62. The van der Waals surface area contributed by atoms with E-state index < -0.39 is 16.3 Å². The summed E-state index contributed by atoms with van der Waals surface area (Å²) in [6.45, 7) is 1.84. The van der Waals surface area contributed by atoms with Gasteiger partial charge in [-0.1, -0.05) is 0 Å². The molecule has 3 fully saturated rings. The Labute approximate surface area is 129 Å². The van der Waals surface area contributed by atoms with Crippen molar-refractivity contribution in [2.75, 3.05) is 26.4 Å². The molecule has 122 valence electrons. The van der Waals surface area contributed by atoms with Crippen molar-refractivity contribution in [2.45, 2.75) is 36.2 Å². The Morgan fingerprint density at radius 3 is 2.45 bits per heavy atom. The maximum absolute atomic E-state index is 13.2. The van der Waals surface area contributed by atoms with Crippen molar-refractivity contribution in [1.82, 2.24) is 14.1 Å². The number of rotatable bonds is 3. The Bertz CT molecular complexity index is 651. The molecule has 0 amide bonds. The molecule has 1 aromatic rings. The van der Waals surface area contributed by atoms with E-state index in [9.17, 15) is 8.42 Å². The van der Waals surface area contributed by atoms with E-state index in [2.05, 4.69) is 5.10 Å². The number of fused-ring (bicyclic) bond motifs is 2. The van der Waals surface area contributed by atoms with Crippen LogP contribution >= 0.6 is 0 Å². The van der Waals surface area contributed by atoms with E-state index in [0.717, 1.165) is 12.8 Å². The number of sulfonamides is 1. The Morgan fingerprint density at radius 2 is 1.82 bits per heavy atom. The molecule has 0 saturated carbocycles. The van der Waals surface area contributed by atoms with Crippen LogP contribution in [0, 0.1) is 0 Å². The fourth-order valence-corrected chi connectivity index (χ4v) is 5.69. The predicted octanol–water partition coefficient (Wildman–Crippen LogP) is 0.0174. The van der Waals surface area contributed by atoms with Gasteiger partial charge in [0, 0.05) is 19.1 Å². The van der Waals surface area contributed by atoms with E-state index in [4.69, 9.17) is 14.2 Å². The van der Waals surface area contributed by atoms with E-state index >= 15 is 0 Å². The predicted molar refractivity (Wildman–Crippen MR) is 74.5 cm³/mol. The molecule has 1 aromatic heterocycles. The second-order valence-electron chi connectivity index (χ2n) is 5.86. The van der Waals surface area contributed by atoms with Crippen LogP contribution in [-0.2, 0) is 31.3 Å². The molecule has 2 atom stereocenters. The summed E-state index contributed by atoms with van der Waals surface area (Å²) in [6.07, 6.45) is 2.55. The molecule has 3 aliphatic rings. The van der Waals surface area contributed by atoms with Gasteiger partial charge in [-0.3, -0.25) is 4.68 Å². The lowest BCUT2D eigenvalue weighted by atomic mass is 10.2. The van der Waals surface area contributed by atoms with Crippen molar-refractivity contribution in [3.05, 3.63) is 11.8 Å². The van der Waals surface area contributed by atoms with Crippen LogP contribution < -0.4 is 0 Å². The van der Waals surface area contributed by atoms with Gasteiger partial charge < -0.3 is 14.2 Å². The Morgan fingerprint density at radius 1 is 1.18 bits per heavy atom. The Kier molecular flexibility index (Phi) is 3.50. The molecular weight excluding hydrogens is 310 g/mol. The summed E-state index contributed by atoms with van der Waals surface area (Å²) in [5, 5.41) is 4.28. The van der Waals surface area contributed by atoms with Crippen LogP contribution in [0.1, 0.15) is 24.7 Å². The SMILES string of the molecule is Cn1ncc(C2OCCO2)c1S(=O)(=O)N1C2CCC1COC2. The summed E-state index contributed by atoms with van der Waals surface area (Å²) >= 11 is 0. The molecule has 0 N–H and O–H groups in total. The largest absolute Gasteiger partial charge is 0.378 e. The third-order valence-electron chi connectivity index (χ3n) is 4.48. The lowest BCUT2D eigenvalue weighted by molar-refractivity contribution is -0.0465. The lowest BCUT2D eigenvalue weighted by Gasteiger charge is -2.33. The number of morpholine rings is 1. The number of nitrogens with zero attached hydrogens (tertiary/aromatic N) is 3.